The summed E-state index contributed by atoms with van der Waals surface area (Å²) < 4.78 is 13.6. The van der Waals surface area contributed by atoms with Gasteiger partial charge in [-0.1, -0.05) is 0 Å². The van der Waals surface area contributed by atoms with Crippen LogP contribution < -0.4 is 4.90 Å². The van der Waals surface area contributed by atoms with Crippen LogP contribution in [0.4, 0.5) is 10.1 Å². The minimum Gasteiger partial charge on any atom is -0.481 e. The Labute approximate surface area is 137 Å². The standard InChI is InChI=1S/C19H26FNO2/c1-14-10-16(20)13-17(11-14)21-8-6-19(7-9-21)4-2-15(3-5-19)12-18(22)23/h10-11,13,15H,2-9,12H2,1H3,(H,22,23). The Balaban J connectivity index is 1.57. The van der Waals surface area contributed by atoms with Crippen LogP contribution in [0.2, 0.25) is 0 Å². The van der Waals surface area contributed by atoms with Crippen LogP contribution in [-0.2, 0) is 4.79 Å². The van der Waals surface area contributed by atoms with E-state index in [-0.39, 0.29) is 5.82 Å². The van der Waals surface area contributed by atoms with E-state index in [1.54, 1.807) is 12.1 Å². The van der Waals surface area contributed by atoms with Gasteiger partial charge in [0.2, 0.25) is 0 Å². The number of nitrogens with zero attached hydrogens (tertiary/aromatic N) is 1. The molecule has 4 heteroatoms. The first-order chi connectivity index (χ1) is 11.0. The van der Waals surface area contributed by atoms with E-state index in [0.29, 0.717) is 17.8 Å². The Morgan fingerprint density at radius 2 is 1.87 bits per heavy atom. The Hall–Kier alpha value is -1.58. The molecule has 3 nitrogen and oxygen atoms in total. The Bertz CT molecular complexity index is 548. The van der Waals surface area contributed by atoms with Crippen LogP contribution in [-0.4, -0.2) is 24.2 Å². The van der Waals surface area contributed by atoms with Crippen molar-refractivity contribution in [2.45, 2.75) is 51.9 Å². The summed E-state index contributed by atoms with van der Waals surface area (Å²) in [5.74, 6) is -0.460. The molecule has 2 aliphatic rings. The van der Waals surface area contributed by atoms with Crippen LogP contribution in [0, 0.1) is 24.1 Å². The number of carbonyl (C=O) groups is 1. The van der Waals surface area contributed by atoms with Crippen molar-refractivity contribution < 1.29 is 14.3 Å². The number of rotatable bonds is 3. The first-order valence-corrected chi connectivity index (χ1v) is 8.70. The summed E-state index contributed by atoms with van der Waals surface area (Å²) in [5.41, 5.74) is 2.36. The van der Waals surface area contributed by atoms with E-state index in [0.717, 1.165) is 62.9 Å². The van der Waals surface area contributed by atoms with E-state index < -0.39 is 5.97 Å². The molecule has 0 aromatic heterocycles. The van der Waals surface area contributed by atoms with Gasteiger partial charge in [-0.15, -0.1) is 0 Å². The lowest BCUT2D eigenvalue weighted by atomic mass is 9.65. The van der Waals surface area contributed by atoms with Crippen molar-refractivity contribution in [3.8, 4) is 0 Å². The Morgan fingerprint density at radius 1 is 1.22 bits per heavy atom. The molecule has 1 aliphatic carbocycles. The van der Waals surface area contributed by atoms with Crippen molar-refractivity contribution in [1.29, 1.82) is 0 Å². The molecule has 1 aromatic carbocycles. The molecule has 0 radical (unpaired) electrons. The number of anilines is 1. The summed E-state index contributed by atoms with van der Waals surface area (Å²) in [6, 6.07) is 5.26. The fourth-order valence-electron chi connectivity index (χ4n) is 4.38. The number of aryl methyl sites for hydroxylation is 1. The molecular formula is C19H26FNO2. The third kappa shape index (κ3) is 3.85. The Kier molecular flexibility index (Phi) is 4.60. The molecule has 0 unspecified atom stereocenters. The number of aliphatic carboxylic acids is 1. The lowest BCUT2D eigenvalue weighted by Gasteiger charge is -2.46. The third-order valence-electron chi connectivity index (χ3n) is 5.85. The summed E-state index contributed by atoms with van der Waals surface area (Å²) in [6.45, 7) is 3.89. The van der Waals surface area contributed by atoms with Gasteiger partial charge in [0.15, 0.2) is 0 Å². The predicted octanol–water partition coefficient (Wildman–Crippen LogP) is 4.39. The minimum absolute atomic E-state index is 0.158. The fraction of sp³-hybridized carbons (Fsp3) is 0.632. The van der Waals surface area contributed by atoms with Gasteiger partial charge in [-0.25, -0.2) is 4.39 Å². The number of benzene rings is 1. The molecule has 0 atom stereocenters. The number of hydrogen-bond donors (Lipinski definition) is 1. The molecule has 3 rings (SSSR count). The number of carboxylic acid groups (broad SMARTS) is 1. The number of carboxylic acids is 1. The second kappa shape index (κ2) is 6.50. The van der Waals surface area contributed by atoms with Crippen molar-refractivity contribution in [1.82, 2.24) is 0 Å². The van der Waals surface area contributed by atoms with Crippen LogP contribution in [0.5, 0.6) is 0 Å². The Morgan fingerprint density at radius 3 is 2.43 bits per heavy atom. The van der Waals surface area contributed by atoms with Gasteiger partial charge in [-0.3, -0.25) is 4.79 Å². The van der Waals surface area contributed by atoms with Crippen molar-refractivity contribution in [3.05, 3.63) is 29.6 Å². The van der Waals surface area contributed by atoms with Gasteiger partial charge in [0.25, 0.3) is 0 Å². The first-order valence-electron chi connectivity index (χ1n) is 8.70. The van der Waals surface area contributed by atoms with Gasteiger partial charge < -0.3 is 10.0 Å². The smallest absolute Gasteiger partial charge is 0.303 e. The maximum atomic E-state index is 13.6. The molecule has 1 aliphatic heterocycles. The second-order valence-corrected chi connectivity index (χ2v) is 7.52. The average molecular weight is 319 g/mol. The summed E-state index contributed by atoms with van der Waals surface area (Å²) >= 11 is 0. The summed E-state index contributed by atoms with van der Waals surface area (Å²) in [5, 5.41) is 8.94. The zero-order chi connectivity index (χ0) is 16.4. The fourth-order valence-corrected chi connectivity index (χ4v) is 4.38. The highest BCUT2D eigenvalue weighted by Crippen LogP contribution is 2.47. The third-order valence-corrected chi connectivity index (χ3v) is 5.85. The van der Waals surface area contributed by atoms with E-state index in [1.165, 1.54) is 0 Å². The van der Waals surface area contributed by atoms with Crippen LogP contribution in [0.1, 0.15) is 50.5 Å². The number of halogens is 1. The van der Waals surface area contributed by atoms with Gasteiger partial charge in [-0.2, -0.15) is 0 Å². The molecule has 0 amide bonds. The molecular weight excluding hydrogens is 293 g/mol. The van der Waals surface area contributed by atoms with E-state index in [9.17, 15) is 9.18 Å². The number of piperidine rings is 1. The number of hydrogen-bond acceptors (Lipinski definition) is 2. The van der Waals surface area contributed by atoms with Crippen molar-refractivity contribution in [2.24, 2.45) is 11.3 Å². The van der Waals surface area contributed by atoms with Gasteiger partial charge in [-0.05, 0) is 80.5 Å². The lowest BCUT2D eigenvalue weighted by molar-refractivity contribution is -0.138. The van der Waals surface area contributed by atoms with E-state index in [1.807, 2.05) is 6.92 Å². The zero-order valence-electron chi connectivity index (χ0n) is 13.9. The molecule has 0 bridgehead atoms. The van der Waals surface area contributed by atoms with Crippen molar-refractivity contribution in [3.63, 3.8) is 0 Å². The lowest BCUT2D eigenvalue weighted by Crippen LogP contribution is -2.42. The van der Waals surface area contributed by atoms with Crippen molar-refractivity contribution >= 4 is 11.7 Å². The molecule has 1 saturated heterocycles. The van der Waals surface area contributed by atoms with Gasteiger partial charge in [0, 0.05) is 25.2 Å². The van der Waals surface area contributed by atoms with Crippen LogP contribution in [0.15, 0.2) is 18.2 Å². The zero-order valence-corrected chi connectivity index (χ0v) is 13.9. The molecule has 1 saturated carbocycles. The topological polar surface area (TPSA) is 40.5 Å². The second-order valence-electron chi connectivity index (χ2n) is 7.52. The molecule has 1 spiro atoms. The van der Waals surface area contributed by atoms with E-state index in [4.69, 9.17) is 5.11 Å². The minimum atomic E-state index is -0.665. The van der Waals surface area contributed by atoms with Gasteiger partial charge >= 0.3 is 5.97 Å². The molecule has 2 fully saturated rings. The normalized spacial score (nSPS) is 21.6. The summed E-state index contributed by atoms with van der Waals surface area (Å²) in [6.07, 6.45) is 7.01. The highest BCUT2D eigenvalue weighted by molar-refractivity contribution is 5.67. The van der Waals surface area contributed by atoms with E-state index >= 15 is 0 Å². The molecule has 1 aromatic rings. The largest absolute Gasteiger partial charge is 0.481 e. The van der Waals surface area contributed by atoms with Gasteiger partial charge in [0.1, 0.15) is 5.82 Å². The summed E-state index contributed by atoms with van der Waals surface area (Å²) in [4.78, 5) is 13.1. The molecule has 126 valence electrons. The first kappa shape index (κ1) is 16.3. The average Bonchev–Trinajstić information content (AvgIpc) is 2.49. The maximum Gasteiger partial charge on any atom is 0.303 e. The predicted molar refractivity (Wildman–Crippen MR) is 89.2 cm³/mol. The van der Waals surface area contributed by atoms with E-state index in [2.05, 4.69) is 11.0 Å². The highest BCUT2D eigenvalue weighted by atomic mass is 19.1. The van der Waals surface area contributed by atoms with Gasteiger partial charge in [0.05, 0.1) is 0 Å². The SMILES string of the molecule is Cc1cc(F)cc(N2CCC3(CCC(CC(=O)O)CC3)CC2)c1. The van der Waals surface area contributed by atoms with Crippen LogP contribution >= 0.6 is 0 Å². The quantitative estimate of drug-likeness (QED) is 0.898. The molecule has 1 heterocycles. The monoisotopic (exact) mass is 319 g/mol. The molecule has 1 N–H and O–H groups in total. The maximum absolute atomic E-state index is 13.6. The van der Waals surface area contributed by atoms with Crippen LogP contribution in [0.3, 0.4) is 0 Å². The van der Waals surface area contributed by atoms with Crippen molar-refractivity contribution in [2.75, 3.05) is 18.0 Å². The molecule has 23 heavy (non-hydrogen) atoms. The summed E-state index contributed by atoms with van der Waals surface area (Å²) in [7, 11) is 0. The van der Waals surface area contributed by atoms with Crippen LogP contribution in [0.25, 0.3) is 0 Å². The highest BCUT2D eigenvalue weighted by Gasteiger charge is 2.38.